The molecule has 0 spiro atoms. The van der Waals surface area contributed by atoms with Gasteiger partial charge in [-0.3, -0.25) is 0 Å². The summed E-state index contributed by atoms with van der Waals surface area (Å²) in [5.74, 6) is 0.974. The van der Waals surface area contributed by atoms with Gasteiger partial charge in [0.2, 0.25) is 0 Å². The van der Waals surface area contributed by atoms with E-state index in [9.17, 15) is 0 Å². The summed E-state index contributed by atoms with van der Waals surface area (Å²) in [6, 6.07) is 6.14. The first-order valence-corrected chi connectivity index (χ1v) is 6.77. The average Bonchev–Trinajstić information content (AvgIpc) is 2.40. The van der Waals surface area contributed by atoms with Crippen LogP contribution in [0.1, 0.15) is 12.1 Å². The van der Waals surface area contributed by atoms with Crippen molar-refractivity contribution in [3.63, 3.8) is 0 Å². The van der Waals surface area contributed by atoms with Gasteiger partial charge >= 0.3 is 0 Å². The number of aromatic nitrogens is 1. The molecule has 0 amide bonds. The lowest BCUT2D eigenvalue weighted by molar-refractivity contribution is 0.576. The molecule has 100 valence electrons. The molecule has 5 nitrogen and oxygen atoms in total. The highest BCUT2D eigenvalue weighted by molar-refractivity contribution is 5.35. The van der Waals surface area contributed by atoms with Gasteiger partial charge in [0, 0.05) is 39.3 Å². The van der Waals surface area contributed by atoms with E-state index in [1.807, 2.05) is 6.07 Å². The standard InChI is InChI=1S/C13H23N5/c1-3-12-11-16-10-9-15-8-7-14-5-2-6-17-13(4-1)18-12/h1,3-4,14-16H,2,5-11H2,(H,17,18). The lowest BCUT2D eigenvalue weighted by Gasteiger charge is -2.07. The van der Waals surface area contributed by atoms with E-state index >= 15 is 0 Å². The van der Waals surface area contributed by atoms with Crippen LogP contribution >= 0.6 is 0 Å². The summed E-state index contributed by atoms with van der Waals surface area (Å²) in [5, 5.41) is 13.6. The lowest BCUT2D eigenvalue weighted by Crippen LogP contribution is -2.33. The average molecular weight is 249 g/mol. The molecule has 0 saturated carbocycles. The second-order valence-corrected chi connectivity index (χ2v) is 4.47. The van der Waals surface area contributed by atoms with Crippen molar-refractivity contribution in [2.24, 2.45) is 0 Å². The molecule has 0 fully saturated rings. The molecular formula is C13H23N5. The molecular weight excluding hydrogens is 226 g/mol. The van der Waals surface area contributed by atoms with Gasteiger partial charge in [0.05, 0.1) is 5.69 Å². The number of fused-ring (bicyclic) bond motifs is 2. The molecule has 0 unspecified atom stereocenters. The predicted octanol–water partition coefficient (Wildman–Crippen LogP) is 0.166. The Hall–Kier alpha value is -1.17. The summed E-state index contributed by atoms with van der Waals surface area (Å²) < 4.78 is 0. The summed E-state index contributed by atoms with van der Waals surface area (Å²) in [6.45, 7) is 6.87. The molecule has 1 aliphatic heterocycles. The maximum atomic E-state index is 4.57. The van der Waals surface area contributed by atoms with E-state index in [1.165, 1.54) is 0 Å². The van der Waals surface area contributed by atoms with Crippen LogP contribution in [-0.4, -0.2) is 44.3 Å². The molecule has 0 atom stereocenters. The van der Waals surface area contributed by atoms with Crippen LogP contribution in [0.3, 0.4) is 0 Å². The van der Waals surface area contributed by atoms with Gasteiger partial charge in [-0.05, 0) is 25.1 Å². The number of anilines is 1. The third-order valence-corrected chi connectivity index (χ3v) is 2.91. The third-order valence-electron chi connectivity index (χ3n) is 2.91. The van der Waals surface area contributed by atoms with Crippen LogP contribution in [0.2, 0.25) is 0 Å². The highest BCUT2D eigenvalue weighted by atomic mass is 15.0. The smallest absolute Gasteiger partial charge is 0.126 e. The zero-order valence-electron chi connectivity index (χ0n) is 10.8. The minimum atomic E-state index is 0.829. The number of rotatable bonds is 0. The van der Waals surface area contributed by atoms with Gasteiger partial charge in [0.25, 0.3) is 0 Å². The Morgan fingerprint density at radius 3 is 2.50 bits per heavy atom. The number of nitrogens with zero attached hydrogens (tertiary/aromatic N) is 1. The number of hydrogen-bond donors (Lipinski definition) is 4. The van der Waals surface area contributed by atoms with Crippen molar-refractivity contribution >= 4 is 5.82 Å². The van der Waals surface area contributed by atoms with Crippen molar-refractivity contribution in [3.8, 4) is 0 Å². The molecule has 18 heavy (non-hydrogen) atoms. The number of pyridine rings is 1. The molecule has 1 aromatic heterocycles. The van der Waals surface area contributed by atoms with Crippen LogP contribution in [0.15, 0.2) is 18.2 Å². The fourth-order valence-corrected chi connectivity index (χ4v) is 1.93. The van der Waals surface area contributed by atoms with E-state index < -0.39 is 0 Å². The van der Waals surface area contributed by atoms with Gasteiger partial charge in [-0.2, -0.15) is 0 Å². The van der Waals surface area contributed by atoms with E-state index in [0.717, 1.165) is 63.7 Å². The van der Waals surface area contributed by atoms with Gasteiger partial charge in [0.15, 0.2) is 0 Å². The minimum absolute atomic E-state index is 0.829. The van der Waals surface area contributed by atoms with Crippen molar-refractivity contribution in [3.05, 3.63) is 23.9 Å². The summed E-state index contributed by atoms with van der Waals surface area (Å²) in [6.07, 6.45) is 1.12. The second-order valence-electron chi connectivity index (χ2n) is 4.47. The maximum absolute atomic E-state index is 4.57. The molecule has 2 heterocycles. The van der Waals surface area contributed by atoms with Crippen LogP contribution in [0.5, 0.6) is 0 Å². The zero-order chi connectivity index (χ0) is 12.5. The molecule has 0 radical (unpaired) electrons. The van der Waals surface area contributed by atoms with E-state index in [0.29, 0.717) is 0 Å². The van der Waals surface area contributed by atoms with Gasteiger partial charge in [-0.15, -0.1) is 0 Å². The Morgan fingerprint density at radius 2 is 1.61 bits per heavy atom. The molecule has 0 aromatic carbocycles. The van der Waals surface area contributed by atoms with Crippen molar-refractivity contribution in [1.82, 2.24) is 20.9 Å². The second kappa shape index (κ2) is 8.02. The van der Waals surface area contributed by atoms with Gasteiger partial charge in [0.1, 0.15) is 5.82 Å². The fraction of sp³-hybridized carbons (Fsp3) is 0.615. The van der Waals surface area contributed by atoms with E-state index in [4.69, 9.17) is 0 Å². The van der Waals surface area contributed by atoms with Crippen LogP contribution in [-0.2, 0) is 6.54 Å². The topological polar surface area (TPSA) is 61.0 Å². The summed E-state index contributed by atoms with van der Waals surface area (Å²) in [4.78, 5) is 4.57. The Kier molecular flexibility index (Phi) is 5.91. The Bertz CT molecular complexity index is 313. The van der Waals surface area contributed by atoms with Crippen molar-refractivity contribution in [2.45, 2.75) is 13.0 Å². The Labute approximate surface area is 109 Å². The van der Waals surface area contributed by atoms with E-state index in [-0.39, 0.29) is 0 Å². The molecule has 2 bridgehead atoms. The SMILES string of the molecule is c1cc2nc(c1)NCCCNCCNCCNC2. The maximum Gasteiger partial charge on any atom is 0.126 e. The molecule has 5 heteroatoms. The largest absolute Gasteiger partial charge is 0.370 e. The molecule has 1 aromatic rings. The highest BCUT2D eigenvalue weighted by Gasteiger charge is 1.98. The van der Waals surface area contributed by atoms with Gasteiger partial charge in [-0.25, -0.2) is 4.98 Å². The Balaban J connectivity index is 1.87. The predicted molar refractivity (Wildman–Crippen MR) is 74.8 cm³/mol. The Morgan fingerprint density at radius 1 is 0.833 bits per heavy atom. The van der Waals surface area contributed by atoms with Crippen molar-refractivity contribution < 1.29 is 0 Å². The lowest BCUT2D eigenvalue weighted by atomic mass is 10.3. The monoisotopic (exact) mass is 249 g/mol. The molecule has 0 aliphatic carbocycles. The van der Waals surface area contributed by atoms with Crippen LogP contribution in [0, 0.1) is 0 Å². The zero-order valence-corrected chi connectivity index (χ0v) is 10.8. The first-order chi connectivity index (χ1) is 8.95. The summed E-state index contributed by atoms with van der Waals surface area (Å²) >= 11 is 0. The minimum Gasteiger partial charge on any atom is -0.370 e. The van der Waals surface area contributed by atoms with Crippen LogP contribution in [0.25, 0.3) is 0 Å². The quantitative estimate of drug-likeness (QED) is 0.528. The number of hydrogen-bond acceptors (Lipinski definition) is 5. The van der Waals surface area contributed by atoms with Crippen LogP contribution < -0.4 is 21.3 Å². The normalized spacial score (nSPS) is 19.3. The molecule has 2 rings (SSSR count). The van der Waals surface area contributed by atoms with Crippen molar-refractivity contribution in [1.29, 1.82) is 0 Å². The molecule has 4 N–H and O–H groups in total. The first kappa shape index (κ1) is 13.3. The first-order valence-electron chi connectivity index (χ1n) is 6.77. The number of nitrogens with one attached hydrogen (secondary N) is 4. The fourth-order valence-electron chi connectivity index (χ4n) is 1.93. The summed E-state index contributed by atoms with van der Waals surface area (Å²) in [7, 11) is 0. The molecule has 1 aliphatic rings. The van der Waals surface area contributed by atoms with Crippen LogP contribution in [0.4, 0.5) is 5.82 Å². The molecule has 0 saturated heterocycles. The van der Waals surface area contributed by atoms with Gasteiger partial charge in [-0.1, -0.05) is 6.07 Å². The third kappa shape index (κ3) is 5.00. The summed E-state index contributed by atoms with van der Waals surface area (Å²) in [5.41, 5.74) is 1.09. The van der Waals surface area contributed by atoms with Gasteiger partial charge < -0.3 is 21.3 Å². The van der Waals surface area contributed by atoms with E-state index in [2.05, 4.69) is 38.4 Å². The van der Waals surface area contributed by atoms with E-state index in [1.54, 1.807) is 0 Å². The van der Waals surface area contributed by atoms with Crippen molar-refractivity contribution in [2.75, 3.05) is 44.6 Å². The highest BCUT2D eigenvalue weighted by Crippen LogP contribution is 2.04.